The summed E-state index contributed by atoms with van der Waals surface area (Å²) in [5, 5.41) is 16.6. The summed E-state index contributed by atoms with van der Waals surface area (Å²) >= 11 is 0. The minimum atomic E-state index is -0.163. The molecule has 1 aliphatic heterocycles. The molecule has 6 heteroatoms. The molecule has 0 saturated carbocycles. The highest BCUT2D eigenvalue weighted by Gasteiger charge is 2.24. The average molecular weight is 377 g/mol. The molecule has 1 fully saturated rings. The van der Waals surface area contributed by atoms with Crippen molar-refractivity contribution in [2.75, 3.05) is 13.1 Å². The number of carbonyl (C=O) groups is 1. The van der Waals surface area contributed by atoms with E-state index < -0.39 is 0 Å². The first-order chi connectivity index (χ1) is 13.7. The molecule has 1 aromatic heterocycles. The van der Waals surface area contributed by atoms with Crippen LogP contribution >= 0.6 is 0 Å². The SMILES string of the molecule is O=C(NC1CCCN(Cc2cccc(O)c2)C1)c1cnoc1-c1ccccc1. The van der Waals surface area contributed by atoms with Crippen LogP contribution in [-0.4, -0.2) is 40.2 Å². The van der Waals surface area contributed by atoms with Gasteiger partial charge in [-0.25, -0.2) is 0 Å². The van der Waals surface area contributed by atoms with Crippen molar-refractivity contribution in [2.24, 2.45) is 0 Å². The van der Waals surface area contributed by atoms with Gasteiger partial charge in [-0.2, -0.15) is 0 Å². The normalized spacial score (nSPS) is 17.4. The first-order valence-electron chi connectivity index (χ1n) is 9.50. The maximum absolute atomic E-state index is 12.8. The Morgan fingerprint density at radius 3 is 2.89 bits per heavy atom. The van der Waals surface area contributed by atoms with Gasteiger partial charge in [-0.1, -0.05) is 47.6 Å². The van der Waals surface area contributed by atoms with E-state index in [0.717, 1.165) is 43.6 Å². The molecule has 3 aromatic rings. The van der Waals surface area contributed by atoms with Crippen LogP contribution in [0, 0.1) is 0 Å². The topological polar surface area (TPSA) is 78.6 Å². The predicted octanol–water partition coefficient (Wildman–Crippen LogP) is 3.44. The van der Waals surface area contributed by atoms with Gasteiger partial charge in [-0.05, 0) is 37.1 Å². The van der Waals surface area contributed by atoms with Gasteiger partial charge in [0.1, 0.15) is 11.3 Å². The smallest absolute Gasteiger partial charge is 0.257 e. The summed E-state index contributed by atoms with van der Waals surface area (Å²) in [6.45, 7) is 2.50. The second-order valence-electron chi connectivity index (χ2n) is 7.15. The van der Waals surface area contributed by atoms with Crippen molar-refractivity contribution in [1.82, 2.24) is 15.4 Å². The summed E-state index contributed by atoms with van der Waals surface area (Å²) < 4.78 is 5.33. The number of nitrogens with one attached hydrogen (secondary N) is 1. The number of likely N-dealkylation sites (tertiary alicyclic amines) is 1. The Hall–Kier alpha value is -3.12. The molecule has 1 unspecified atom stereocenters. The first kappa shape index (κ1) is 18.3. The predicted molar refractivity (Wildman–Crippen MR) is 106 cm³/mol. The third kappa shape index (κ3) is 4.23. The summed E-state index contributed by atoms with van der Waals surface area (Å²) in [5.41, 5.74) is 2.35. The van der Waals surface area contributed by atoms with E-state index in [-0.39, 0.29) is 17.7 Å². The second kappa shape index (κ2) is 8.27. The molecule has 1 amide bonds. The van der Waals surface area contributed by atoms with Crippen LogP contribution in [0.25, 0.3) is 11.3 Å². The average Bonchev–Trinajstić information content (AvgIpc) is 3.19. The van der Waals surface area contributed by atoms with E-state index in [9.17, 15) is 9.90 Å². The summed E-state index contributed by atoms with van der Waals surface area (Å²) in [6, 6.07) is 16.9. The fraction of sp³-hybridized carbons (Fsp3) is 0.273. The molecule has 2 aromatic carbocycles. The van der Waals surface area contributed by atoms with Crippen molar-refractivity contribution in [1.29, 1.82) is 0 Å². The number of piperidine rings is 1. The quantitative estimate of drug-likeness (QED) is 0.712. The van der Waals surface area contributed by atoms with E-state index >= 15 is 0 Å². The van der Waals surface area contributed by atoms with Crippen LogP contribution in [-0.2, 0) is 6.54 Å². The zero-order valence-corrected chi connectivity index (χ0v) is 15.5. The molecule has 2 N–H and O–H groups in total. The number of amides is 1. The molecule has 0 radical (unpaired) electrons. The lowest BCUT2D eigenvalue weighted by Gasteiger charge is -2.33. The molecular weight excluding hydrogens is 354 g/mol. The summed E-state index contributed by atoms with van der Waals surface area (Å²) in [5.74, 6) is 0.607. The van der Waals surface area contributed by atoms with Gasteiger partial charge in [0, 0.05) is 24.7 Å². The van der Waals surface area contributed by atoms with Crippen LogP contribution in [0.3, 0.4) is 0 Å². The summed E-state index contributed by atoms with van der Waals surface area (Å²) in [7, 11) is 0. The van der Waals surface area contributed by atoms with Gasteiger partial charge >= 0.3 is 0 Å². The highest BCUT2D eigenvalue weighted by molar-refractivity contribution is 5.99. The number of benzene rings is 2. The third-order valence-corrected chi connectivity index (χ3v) is 5.01. The van der Waals surface area contributed by atoms with Crippen molar-refractivity contribution in [3.8, 4) is 17.1 Å². The number of phenolic OH excluding ortho intramolecular Hbond substituents is 1. The van der Waals surface area contributed by atoms with Gasteiger partial charge in [0.15, 0.2) is 5.76 Å². The van der Waals surface area contributed by atoms with Crippen molar-refractivity contribution >= 4 is 5.91 Å². The Balaban J connectivity index is 1.40. The number of hydrogen-bond donors (Lipinski definition) is 2. The highest BCUT2D eigenvalue weighted by atomic mass is 16.5. The standard InChI is InChI=1S/C22H23N3O3/c26-19-10-4-6-16(12-19)14-25-11-5-9-18(15-25)24-22(27)20-13-23-28-21(20)17-7-2-1-3-8-17/h1-4,6-8,10,12-13,18,26H,5,9,11,14-15H2,(H,24,27). The molecule has 0 bridgehead atoms. The zero-order chi connectivity index (χ0) is 19.3. The fourth-order valence-corrected chi connectivity index (χ4v) is 3.69. The van der Waals surface area contributed by atoms with Crippen molar-refractivity contribution in [2.45, 2.75) is 25.4 Å². The van der Waals surface area contributed by atoms with E-state index in [1.807, 2.05) is 42.5 Å². The van der Waals surface area contributed by atoms with Crippen LogP contribution < -0.4 is 5.32 Å². The van der Waals surface area contributed by atoms with E-state index in [1.54, 1.807) is 12.1 Å². The number of phenols is 1. The summed E-state index contributed by atoms with van der Waals surface area (Å²) in [4.78, 5) is 15.1. The van der Waals surface area contributed by atoms with Crippen molar-refractivity contribution in [3.05, 3.63) is 71.9 Å². The van der Waals surface area contributed by atoms with E-state index in [2.05, 4.69) is 15.4 Å². The third-order valence-electron chi connectivity index (χ3n) is 5.01. The highest BCUT2D eigenvalue weighted by Crippen LogP contribution is 2.24. The van der Waals surface area contributed by atoms with Crippen LogP contribution in [0.1, 0.15) is 28.8 Å². The lowest BCUT2D eigenvalue weighted by atomic mass is 10.0. The zero-order valence-electron chi connectivity index (χ0n) is 15.5. The first-order valence-corrected chi connectivity index (χ1v) is 9.50. The maximum Gasteiger partial charge on any atom is 0.257 e. The Kier molecular flexibility index (Phi) is 5.39. The lowest BCUT2D eigenvalue weighted by molar-refractivity contribution is 0.0901. The second-order valence-corrected chi connectivity index (χ2v) is 7.15. The number of hydrogen-bond acceptors (Lipinski definition) is 5. The molecular formula is C22H23N3O3. The molecule has 0 spiro atoms. The van der Waals surface area contributed by atoms with Crippen LogP contribution in [0.4, 0.5) is 0 Å². The molecule has 28 heavy (non-hydrogen) atoms. The van der Waals surface area contributed by atoms with Gasteiger partial charge < -0.3 is 14.9 Å². The number of rotatable bonds is 5. The number of nitrogens with zero attached hydrogens (tertiary/aromatic N) is 2. The number of aromatic hydroxyl groups is 1. The Morgan fingerprint density at radius 1 is 1.21 bits per heavy atom. The van der Waals surface area contributed by atoms with Crippen molar-refractivity contribution in [3.63, 3.8) is 0 Å². The Morgan fingerprint density at radius 2 is 2.07 bits per heavy atom. The molecule has 144 valence electrons. The van der Waals surface area contributed by atoms with Gasteiger partial charge in [-0.15, -0.1) is 0 Å². The molecule has 1 saturated heterocycles. The molecule has 1 atom stereocenters. The molecule has 0 aliphatic carbocycles. The maximum atomic E-state index is 12.8. The minimum absolute atomic E-state index is 0.0667. The molecule has 1 aliphatic rings. The largest absolute Gasteiger partial charge is 0.508 e. The lowest BCUT2D eigenvalue weighted by Crippen LogP contribution is -2.47. The van der Waals surface area contributed by atoms with Gasteiger partial charge in [0.05, 0.1) is 6.20 Å². The van der Waals surface area contributed by atoms with E-state index in [1.165, 1.54) is 6.20 Å². The summed E-state index contributed by atoms with van der Waals surface area (Å²) in [6.07, 6.45) is 3.43. The molecule has 6 nitrogen and oxygen atoms in total. The van der Waals surface area contributed by atoms with Gasteiger partial charge in [0.2, 0.25) is 0 Å². The minimum Gasteiger partial charge on any atom is -0.508 e. The monoisotopic (exact) mass is 377 g/mol. The van der Waals surface area contributed by atoms with Crippen LogP contribution in [0.15, 0.2) is 65.3 Å². The fourth-order valence-electron chi connectivity index (χ4n) is 3.69. The Bertz CT molecular complexity index is 939. The number of aromatic nitrogens is 1. The van der Waals surface area contributed by atoms with Gasteiger partial charge in [-0.3, -0.25) is 9.69 Å². The Labute approximate surface area is 163 Å². The van der Waals surface area contributed by atoms with E-state index in [4.69, 9.17) is 4.52 Å². The molecule has 2 heterocycles. The molecule has 4 rings (SSSR count). The van der Waals surface area contributed by atoms with Gasteiger partial charge in [0.25, 0.3) is 5.91 Å². The van der Waals surface area contributed by atoms with Crippen LogP contribution in [0.2, 0.25) is 0 Å². The van der Waals surface area contributed by atoms with E-state index in [0.29, 0.717) is 11.3 Å². The van der Waals surface area contributed by atoms with Crippen molar-refractivity contribution < 1.29 is 14.4 Å². The van der Waals surface area contributed by atoms with Crippen LogP contribution in [0.5, 0.6) is 5.75 Å². The number of carbonyl (C=O) groups excluding carboxylic acids is 1.